The van der Waals surface area contributed by atoms with Crippen LogP contribution in [0.3, 0.4) is 0 Å². The largest absolute Gasteiger partial charge is 0.478 e. The van der Waals surface area contributed by atoms with Crippen LogP contribution in [0.15, 0.2) is 42.6 Å². The van der Waals surface area contributed by atoms with E-state index in [0.29, 0.717) is 18.2 Å². The molecule has 1 heterocycles. The van der Waals surface area contributed by atoms with Crippen molar-refractivity contribution in [2.75, 3.05) is 27.2 Å². The lowest BCUT2D eigenvalue weighted by Crippen LogP contribution is -2.20. The summed E-state index contributed by atoms with van der Waals surface area (Å²) in [6.07, 6.45) is 1.68. The summed E-state index contributed by atoms with van der Waals surface area (Å²) in [6.45, 7) is 6.57. The van der Waals surface area contributed by atoms with Crippen LogP contribution in [-0.4, -0.2) is 52.9 Å². The molecule has 0 bridgehead atoms. The second-order valence-corrected chi connectivity index (χ2v) is 7.58. The number of aromatic nitrogens is 2. The van der Waals surface area contributed by atoms with Crippen LogP contribution in [0.4, 0.5) is 4.39 Å². The highest BCUT2D eigenvalue weighted by molar-refractivity contribution is 5.96. The molecule has 0 amide bonds. The molecule has 3 N–H and O–H groups in total. The third-order valence-electron chi connectivity index (χ3n) is 4.13. The number of nitrogens with two attached hydrogens (primary N) is 1. The Morgan fingerprint density at radius 2 is 1.93 bits per heavy atom. The SMILES string of the molecule is CC(C)Cn1ncc2cc(Oc3ccc(F)cc3)c(C(=O)O)cc21.CN(C)CCN. The third-order valence-corrected chi connectivity index (χ3v) is 4.13. The quantitative estimate of drug-likeness (QED) is 0.608. The molecule has 0 aliphatic heterocycles. The number of halogens is 1. The lowest BCUT2D eigenvalue weighted by Gasteiger charge is -2.11. The van der Waals surface area contributed by atoms with Gasteiger partial charge in [0.1, 0.15) is 22.9 Å². The van der Waals surface area contributed by atoms with E-state index in [4.69, 9.17) is 10.5 Å². The summed E-state index contributed by atoms with van der Waals surface area (Å²) < 4.78 is 20.4. The number of fused-ring (bicyclic) bond motifs is 1. The fourth-order valence-electron chi connectivity index (χ4n) is 2.74. The van der Waals surface area contributed by atoms with Crippen molar-refractivity contribution in [1.29, 1.82) is 0 Å². The van der Waals surface area contributed by atoms with Crippen LogP contribution >= 0.6 is 0 Å². The molecule has 0 saturated heterocycles. The van der Waals surface area contributed by atoms with Gasteiger partial charge in [0.15, 0.2) is 0 Å². The highest BCUT2D eigenvalue weighted by Gasteiger charge is 2.16. The molecule has 0 saturated carbocycles. The first kappa shape index (κ1) is 23.3. The number of likely N-dealkylation sites (N-methyl/N-ethyl adjacent to an activating group) is 1. The van der Waals surface area contributed by atoms with Gasteiger partial charge in [0.05, 0.1) is 11.7 Å². The number of ether oxygens (including phenoxy) is 1. The number of hydrogen-bond donors (Lipinski definition) is 2. The van der Waals surface area contributed by atoms with Gasteiger partial charge in [-0.3, -0.25) is 4.68 Å². The standard InChI is InChI=1S/C18H17FN2O3.C4H12N2/c1-11(2)10-21-16-8-15(18(22)23)17(7-12(16)9-20-21)24-14-5-3-13(19)4-6-14;1-6(2)4-3-5/h3-9,11H,10H2,1-2H3,(H,22,23);3-5H2,1-2H3. The van der Waals surface area contributed by atoms with E-state index in [9.17, 15) is 14.3 Å². The maximum absolute atomic E-state index is 13.0. The number of aromatic carboxylic acids is 1. The Kier molecular flexibility index (Phi) is 8.32. The van der Waals surface area contributed by atoms with Gasteiger partial charge >= 0.3 is 5.97 Å². The van der Waals surface area contributed by atoms with Gasteiger partial charge in [-0.25, -0.2) is 9.18 Å². The van der Waals surface area contributed by atoms with Crippen molar-refractivity contribution < 1.29 is 19.0 Å². The van der Waals surface area contributed by atoms with Crippen molar-refractivity contribution in [2.45, 2.75) is 20.4 Å². The number of hydrogen-bond acceptors (Lipinski definition) is 5. The normalized spacial score (nSPS) is 10.9. The number of carboxylic acids is 1. The Labute approximate surface area is 175 Å². The lowest BCUT2D eigenvalue weighted by atomic mass is 10.1. The number of benzene rings is 2. The topological polar surface area (TPSA) is 93.6 Å². The van der Waals surface area contributed by atoms with Crippen molar-refractivity contribution in [3.05, 3.63) is 54.0 Å². The van der Waals surface area contributed by atoms with Crippen molar-refractivity contribution in [3.8, 4) is 11.5 Å². The summed E-state index contributed by atoms with van der Waals surface area (Å²) in [5, 5.41) is 14.6. The van der Waals surface area contributed by atoms with E-state index in [2.05, 4.69) is 23.8 Å². The molecule has 3 rings (SSSR count). The Hall–Kier alpha value is -2.97. The first-order chi connectivity index (χ1) is 14.2. The molecule has 0 radical (unpaired) electrons. The monoisotopic (exact) mass is 416 g/mol. The predicted molar refractivity (Wildman–Crippen MR) is 116 cm³/mol. The lowest BCUT2D eigenvalue weighted by molar-refractivity contribution is 0.0694. The minimum absolute atomic E-state index is 0.0392. The fraction of sp³-hybridized carbons (Fsp3) is 0.364. The smallest absolute Gasteiger partial charge is 0.339 e. The van der Waals surface area contributed by atoms with E-state index in [-0.39, 0.29) is 17.1 Å². The Morgan fingerprint density at radius 1 is 1.27 bits per heavy atom. The number of carboxylic acid groups (broad SMARTS) is 1. The number of nitrogens with zero attached hydrogens (tertiary/aromatic N) is 3. The summed E-state index contributed by atoms with van der Waals surface area (Å²) in [5.41, 5.74) is 5.97. The summed E-state index contributed by atoms with van der Waals surface area (Å²) in [4.78, 5) is 13.7. The van der Waals surface area contributed by atoms with E-state index in [1.165, 1.54) is 24.3 Å². The van der Waals surface area contributed by atoms with Crippen molar-refractivity contribution in [2.24, 2.45) is 11.7 Å². The predicted octanol–water partition coefficient (Wildman–Crippen LogP) is 3.83. The molecule has 0 fully saturated rings. The molecule has 7 nitrogen and oxygen atoms in total. The van der Waals surface area contributed by atoms with Gasteiger partial charge in [-0.15, -0.1) is 0 Å². The summed E-state index contributed by atoms with van der Waals surface area (Å²) in [5.74, 6) is -0.521. The maximum atomic E-state index is 13.0. The Morgan fingerprint density at radius 3 is 2.43 bits per heavy atom. The third kappa shape index (κ3) is 6.53. The van der Waals surface area contributed by atoms with Gasteiger partial charge in [-0.2, -0.15) is 5.10 Å². The minimum atomic E-state index is -1.09. The van der Waals surface area contributed by atoms with E-state index in [1.807, 2.05) is 14.1 Å². The molecule has 8 heteroatoms. The van der Waals surface area contributed by atoms with Crippen molar-refractivity contribution in [1.82, 2.24) is 14.7 Å². The molecule has 0 unspecified atom stereocenters. The molecular formula is C22H29FN4O3. The van der Waals surface area contributed by atoms with Gasteiger partial charge in [-0.05, 0) is 56.4 Å². The molecule has 2 aromatic carbocycles. The minimum Gasteiger partial charge on any atom is -0.478 e. The summed E-state index contributed by atoms with van der Waals surface area (Å²) in [7, 11) is 4.01. The zero-order chi connectivity index (χ0) is 22.3. The molecule has 1 aromatic heterocycles. The van der Waals surface area contributed by atoms with Crippen molar-refractivity contribution in [3.63, 3.8) is 0 Å². The average molecular weight is 416 g/mol. The first-order valence-corrected chi connectivity index (χ1v) is 9.72. The number of rotatable bonds is 7. The van der Waals surface area contributed by atoms with Crippen LogP contribution in [-0.2, 0) is 6.54 Å². The van der Waals surface area contributed by atoms with E-state index < -0.39 is 5.97 Å². The average Bonchev–Trinajstić information content (AvgIpc) is 3.04. The van der Waals surface area contributed by atoms with Gasteiger partial charge in [0.2, 0.25) is 0 Å². The van der Waals surface area contributed by atoms with Gasteiger partial charge in [0, 0.05) is 25.0 Å². The Bertz CT molecular complexity index is 968. The first-order valence-electron chi connectivity index (χ1n) is 9.72. The van der Waals surface area contributed by atoms with Crippen LogP contribution < -0.4 is 10.5 Å². The second-order valence-electron chi connectivity index (χ2n) is 7.58. The highest BCUT2D eigenvalue weighted by atomic mass is 19.1. The van der Waals surface area contributed by atoms with Crippen LogP contribution in [0.2, 0.25) is 0 Å². The summed E-state index contributed by atoms with van der Waals surface area (Å²) in [6, 6.07) is 8.63. The van der Waals surface area contributed by atoms with Crippen LogP contribution in [0.5, 0.6) is 11.5 Å². The van der Waals surface area contributed by atoms with Crippen LogP contribution in [0, 0.1) is 11.7 Å². The fourth-order valence-corrected chi connectivity index (χ4v) is 2.74. The second kappa shape index (κ2) is 10.7. The van der Waals surface area contributed by atoms with Gasteiger partial charge < -0.3 is 20.5 Å². The summed E-state index contributed by atoms with van der Waals surface area (Å²) >= 11 is 0. The molecule has 0 aliphatic carbocycles. The molecule has 162 valence electrons. The molecule has 0 spiro atoms. The van der Waals surface area contributed by atoms with Gasteiger partial charge in [0.25, 0.3) is 0 Å². The molecule has 30 heavy (non-hydrogen) atoms. The van der Waals surface area contributed by atoms with Crippen LogP contribution in [0.1, 0.15) is 24.2 Å². The zero-order valence-electron chi connectivity index (χ0n) is 17.8. The van der Waals surface area contributed by atoms with E-state index >= 15 is 0 Å². The molecule has 0 atom stereocenters. The van der Waals surface area contributed by atoms with Crippen molar-refractivity contribution >= 4 is 16.9 Å². The van der Waals surface area contributed by atoms with E-state index in [1.54, 1.807) is 23.0 Å². The highest BCUT2D eigenvalue weighted by Crippen LogP contribution is 2.30. The molecule has 0 aliphatic rings. The number of carbonyl (C=O) groups is 1. The molecular weight excluding hydrogens is 387 g/mol. The van der Waals surface area contributed by atoms with Gasteiger partial charge in [-0.1, -0.05) is 13.8 Å². The molecule has 3 aromatic rings. The Balaban J connectivity index is 0.000000469. The maximum Gasteiger partial charge on any atom is 0.339 e. The van der Waals surface area contributed by atoms with Crippen LogP contribution in [0.25, 0.3) is 10.9 Å². The van der Waals surface area contributed by atoms with E-state index in [0.717, 1.165) is 24.0 Å². The zero-order valence-corrected chi connectivity index (χ0v) is 17.8.